The van der Waals surface area contributed by atoms with E-state index in [0.29, 0.717) is 24.2 Å². The summed E-state index contributed by atoms with van der Waals surface area (Å²) in [6.45, 7) is 6.97. The third kappa shape index (κ3) is 3.38. The molecule has 0 bridgehead atoms. The molecule has 1 aromatic heterocycles. The fraction of sp³-hybridized carbons (Fsp3) is 0.429. The normalized spacial score (nSPS) is 20.6. The molecule has 0 spiro atoms. The SMILES string of the molecule is CCOc1ccccc1CNC(=O)c1oc2c(c1C)[C@@H]1N=C(C)S[C@@H]1CC2. The van der Waals surface area contributed by atoms with Gasteiger partial charge in [0.1, 0.15) is 11.5 Å². The molecule has 1 aliphatic heterocycles. The predicted octanol–water partition coefficient (Wildman–Crippen LogP) is 4.44. The van der Waals surface area contributed by atoms with Gasteiger partial charge in [-0.25, -0.2) is 0 Å². The molecule has 142 valence electrons. The Balaban J connectivity index is 1.53. The van der Waals surface area contributed by atoms with Crippen molar-refractivity contribution in [1.29, 1.82) is 0 Å². The third-order valence-corrected chi connectivity index (χ3v) is 6.38. The number of rotatable bonds is 5. The number of fused-ring (bicyclic) bond motifs is 3. The van der Waals surface area contributed by atoms with Gasteiger partial charge in [0.15, 0.2) is 5.76 Å². The van der Waals surface area contributed by atoms with Gasteiger partial charge in [-0.05, 0) is 33.3 Å². The fourth-order valence-electron chi connectivity index (χ4n) is 3.91. The maximum Gasteiger partial charge on any atom is 0.287 e. The molecular weight excluding hydrogens is 360 g/mol. The van der Waals surface area contributed by atoms with Gasteiger partial charge in [-0.15, -0.1) is 11.8 Å². The molecule has 2 atom stereocenters. The summed E-state index contributed by atoms with van der Waals surface area (Å²) in [4.78, 5) is 17.6. The van der Waals surface area contributed by atoms with Gasteiger partial charge in [-0.3, -0.25) is 9.79 Å². The van der Waals surface area contributed by atoms with E-state index in [4.69, 9.17) is 14.1 Å². The van der Waals surface area contributed by atoms with E-state index in [0.717, 1.165) is 46.1 Å². The van der Waals surface area contributed by atoms with Crippen LogP contribution >= 0.6 is 11.8 Å². The average Bonchev–Trinajstić information content (AvgIpc) is 3.20. The molecule has 1 amide bonds. The first-order valence-electron chi connectivity index (χ1n) is 9.40. The quantitative estimate of drug-likeness (QED) is 0.828. The Hall–Kier alpha value is -2.21. The highest BCUT2D eigenvalue weighted by Crippen LogP contribution is 2.47. The van der Waals surface area contributed by atoms with Crippen LogP contribution in [0.3, 0.4) is 0 Å². The van der Waals surface area contributed by atoms with E-state index in [2.05, 4.69) is 12.2 Å². The van der Waals surface area contributed by atoms with Crippen molar-refractivity contribution in [2.75, 3.05) is 6.61 Å². The molecule has 0 saturated carbocycles. The van der Waals surface area contributed by atoms with Gasteiger partial charge in [-0.2, -0.15) is 0 Å². The largest absolute Gasteiger partial charge is 0.494 e. The summed E-state index contributed by atoms with van der Waals surface area (Å²) in [6.07, 6.45) is 1.91. The minimum absolute atomic E-state index is 0.128. The monoisotopic (exact) mass is 384 g/mol. The highest BCUT2D eigenvalue weighted by atomic mass is 32.2. The first-order valence-corrected chi connectivity index (χ1v) is 10.3. The number of benzene rings is 1. The van der Waals surface area contributed by atoms with Gasteiger partial charge in [0.2, 0.25) is 0 Å². The first-order chi connectivity index (χ1) is 13.1. The Morgan fingerprint density at radius 3 is 3.00 bits per heavy atom. The summed E-state index contributed by atoms with van der Waals surface area (Å²) in [5.74, 6) is 1.95. The van der Waals surface area contributed by atoms with Crippen molar-refractivity contribution in [3.8, 4) is 5.75 Å². The maximum atomic E-state index is 12.8. The number of ether oxygens (including phenoxy) is 1. The Bertz CT molecular complexity index is 903. The van der Waals surface area contributed by atoms with Gasteiger partial charge in [0, 0.05) is 34.9 Å². The Kier molecular flexibility index (Phi) is 5.00. The lowest BCUT2D eigenvalue weighted by Gasteiger charge is -2.22. The summed E-state index contributed by atoms with van der Waals surface area (Å²) in [6, 6.07) is 7.88. The summed E-state index contributed by atoms with van der Waals surface area (Å²) >= 11 is 1.85. The first kappa shape index (κ1) is 18.2. The standard InChI is InChI=1S/C21H24N2O3S/c1-4-25-15-8-6-5-7-14(15)11-22-21(24)20-12(2)18-16(26-20)9-10-17-19(18)23-13(3)27-17/h5-8,17,19H,4,9-11H2,1-3H3,(H,22,24)/t17-,19-/m1/s1. The number of furan rings is 1. The number of aryl methyl sites for hydroxylation is 1. The molecular formula is C21H24N2O3S. The van der Waals surface area contributed by atoms with E-state index in [-0.39, 0.29) is 11.9 Å². The maximum absolute atomic E-state index is 12.8. The number of hydrogen-bond acceptors (Lipinski definition) is 5. The molecule has 5 nitrogen and oxygen atoms in total. The Labute approximate surface area is 163 Å². The van der Waals surface area contributed by atoms with Crippen LogP contribution in [-0.2, 0) is 13.0 Å². The van der Waals surface area contributed by atoms with Crippen LogP contribution in [0.15, 0.2) is 33.7 Å². The van der Waals surface area contributed by atoms with Crippen molar-refractivity contribution >= 4 is 22.7 Å². The summed E-state index contributed by atoms with van der Waals surface area (Å²) in [5, 5.41) is 4.58. The minimum atomic E-state index is -0.184. The third-order valence-electron chi connectivity index (χ3n) is 5.14. The molecule has 4 rings (SSSR count). The van der Waals surface area contributed by atoms with Crippen LogP contribution in [0.5, 0.6) is 5.75 Å². The highest BCUT2D eigenvalue weighted by Gasteiger charge is 2.39. The lowest BCUT2D eigenvalue weighted by Crippen LogP contribution is -2.23. The molecule has 27 heavy (non-hydrogen) atoms. The van der Waals surface area contributed by atoms with Crippen molar-refractivity contribution in [2.45, 2.75) is 51.4 Å². The van der Waals surface area contributed by atoms with Gasteiger partial charge >= 0.3 is 0 Å². The second kappa shape index (κ2) is 7.43. The number of aliphatic imine (C=N–C) groups is 1. The van der Waals surface area contributed by atoms with Crippen LogP contribution in [0.25, 0.3) is 0 Å². The van der Waals surface area contributed by atoms with Gasteiger partial charge < -0.3 is 14.5 Å². The number of thioether (sulfide) groups is 1. The summed E-state index contributed by atoms with van der Waals surface area (Å²) in [7, 11) is 0. The van der Waals surface area contributed by atoms with Crippen molar-refractivity contribution in [3.05, 3.63) is 52.5 Å². The Morgan fingerprint density at radius 1 is 1.37 bits per heavy atom. The molecule has 1 aliphatic carbocycles. The van der Waals surface area contributed by atoms with Crippen molar-refractivity contribution < 1.29 is 13.9 Å². The van der Waals surface area contributed by atoms with Crippen molar-refractivity contribution in [3.63, 3.8) is 0 Å². The number of carbonyl (C=O) groups excluding carboxylic acids is 1. The molecule has 0 radical (unpaired) electrons. The van der Waals surface area contributed by atoms with Gasteiger partial charge in [-0.1, -0.05) is 18.2 Å². The minimum Gasteiger partial charge on any atom is -0.494 e. The van der Waals surface area contributed by atoms with Crippen LogP contribution in [0.4, 0.5) is 0 Å². The van der Waals surface area contributed by atoms with Crippen LogP contribution in [0.1, 0.15) is 59.3 Å². The molecule has 0 unspecified atom stereocenters. The number of nitrogens with one attached hydrogen (secondary N) is 1. The number of carbonyl (C=O) groups is 1. The van der Waals surface area contributed by atoms with Gasteiger partial charge in [0.25, 0.3) is 5.91 Å². The second-order valence-corrected chi connectivity index (χ2v) is 8.34. The topological polar surface area (TPSA) is 63.8 Å². The molecule has 1 N–H and O–H groups in total. The van der Waals surface area contributed by atoms with Crippen molar-refractivity contribution in [1.82, 2.24) is 5.32 Å². The molecule has 6 heteroatoms. The van der Waals surface area contributed by atoms with Crippen LogP contribution in [-0.4, -0.2) is 22.8 Å². The zero-order valence-electron chi connectivity index (χ0n) is 15.9. The average molecular weight is 385 g/mol. The molecule has 2 heterocycles. The number of hydrogen-bond donors (Lipinski definition) is 1. The van der Waals surface area contributed by atoms with E-state index < -0.39 is 0 Å². The summed E-state index contributed by atoms with van der Waals surface area (Å²) in [5.41, 5.74) is 3.00. The van der Waals surface area contributed by atoms with E-state index >= 15 is 0 Å². The smallest absolute Gasteiger partial charge is 0.287 e. The van der Waals surface area contributed by atoms with Crippen molar-refractivity contribution in [2.24, 2.45) is 4.99 Å². The summed E-state index contributed by atoms with van der Waals surface area (Å²) < 4.78 is 11.6. The van der Waals surface area contributed by atoms with Crippen LogP contribution < -0.4 is 10.1 Å². The van der Waals surface area contributed by atoms with Crippen LogP contribution in [0.2, 0.25) is 0 Å². The molecule has 2 aromatic rings. The molecule has 1 aromatic carbocycles. The number of nitrogens with zero attached hydrogens (tertiary/aromatic N) is 1. The van der Waals surface area contributed by atoms with E-state index in [1.807, 2.05) is 49.9 Å². The Morgan fingerprint density at radius 2 is 2.19 bits per heavy atom. The predicted molar refractivity (Wildman–Crippen MR) is 108 cm³/mol. The highest BCUT2D eigenvalue weighted by molar-refractivity contribution is 8.14. The number of para-hydroxylation sites is 1. The molecule has 0 saturated heterocycles. The zero-order chi connectivity index (χ0) is 19.0. The van der Waals surface area contributed by atoms with E-state index in [1.54, 1.807) is 0 Å². The lowest BCUT2D eigenvalue weighted by molar-refractivity contribution is 0.0920. The second-order valence-electron chi connectivity index (χ2n) is 6.90. The fourth-order valence-corrected chi connectivity index (χ4v) is 5.08. The number of amides is 1. The lowest BCUT2D eigenvalue weighted by atomic mass is 9.90. The van der Waals surface area contributed by atoms with E-state index in [9.17, 15) is 4.79 Å². The van der Waals surface area contributed by atoms with Gasteiger partial charge in [0.05, 0.1) is 17.7 Å². The molecule has 0 fully saturated rings. The molecule has 2 aliphatic rings. The van der Waals surface area contributed by atoms with E-state index in [1.165, 1.54) is 0 Å². The zero-order valence-corrected chi connectivity index (χ0v) is 16.7. The van der Waals surface area contributed by atoms with Crippen LogP contribution in [0, 0.1) is 6.92 Å².